The number of halogens is 3. The maximum atomic E-state index is 13.9. The Morgan fingerprint density at radius 2 is 1.75 bits per heavy atom. The topological polar surface area (TPSA) is 66.2 Å². The van der Waals surface area contributed by atoms with Crippen molar-refractivity contribution in [3.63, 3.8) is 0 Å². The Balaban J connectivity index is 1.75. The van der Waals surface area contributed by atoms with Gasteiger partial charge in [0, 0.05) is 16.7 Å². The Hall–Kier alpha value is -4.58. The fraction of sp³-hybridized carbons (Fsp3) is 0.148. The van der Waals surface area contributed by atoms with Crippen LogP contribution in [0.15, 0.2) is 72.9 Å². The highest BCUT2D eigenvalue weighted by Gasteiger charge is 2.41. The van der Waals surface area contributed by atoms with Gasteiger partial charge in [0.05, 0.1) is 25.6 Å². The van der Waals surface area contributed by atoms with Gasteiger partial charge in [-0.05, 0) is 49.4 Å². The van der Waals surface area contributed by atoms with Gasteiger partial charge in [0.2, 0.25) is 0 Å². The number of benzene rings is 2. The summed E-state index contributed by atoms with van der Waals surface area (Å²) in [7, 11) is 1.58. The summed E-state index contributed by atoms with van der Waals surface area (Å²) in [5.41, 5.74) is 0.507. The molecule has 0 amide bonds. The third-order valence-electron chi connectivity index (χ3n) is 5.12. The molecule has 182 valence electrons. The molecule has 2 heterocycles. The second-order valence-electron chi connectivity index (χ2n) is 7.44. The summed E-state index contributed by atoms with van der Waals surface area (Å²) in [5, 5.41) is 3.80. The minimum atomic E-state index is -4.86. The number of carbonyl (C=O) groups excluding carboxylic acids is 1. The fourth-order valence-electron chi connectivity index (χ4n) is 3.47. The van der Waals surface area contributed by atoms with Gasteiger partial charge in [-0.25, -0.2) is 14.5 Å². The first-order valence-electron chi connectivity index (χ1n) is 10.9. The molecule has 2 aromatic carbocycles. The van der Waals surface area contributed by atoms with Gasteiger partial charge in [-0.1, -0.05) is 36.1 Å². The SMILES string of the molecule is CCOC(=O)c1cnn(-c2cccc(-c3ccccc3C#Cc3ccc(OC)cc3)n2)c1C(F)(F)F. The van der Waals surface area contributed by atoms with Crippen LogP contribution in [0.1, 0.15) is 34.1 Å². The van der Waals surface area contributed by atoms with Crippen molar-refractivity contribution >= 4 is 5.97 Å². The van der Waals surface area contributed by atoms with E-state index in [-0.39, 0.29) is 12.4 Å². The summed E-state index contributed by atoms with van der Waals surface area (Å²) in [6, 6.07) is 19.0. The Bertz CT molecular complexity index is 1450. The molecule has 0 N–H and O–H groups in total. The van der Waals surface area contributed by atoms with Crippen LogP contribution in [-0.4, -0.2) is 34.5 Å². The van der Waals surface area contributed by atoms with Gasteiger partial charge in [0.1, 0.15) is 11.3 Å². The van der Waals surface area contributed by atoms with Gasteiger partial charge < -0.3 is 9.47 Å². The molecule has 0 saturated carbocycles. The van der Waals surface area contributed by atoms with Crippen LogP contribution in [-0.2, 0) is 10.9 Å². The average Bonchev–Trinajstić information content (AvgIpc) is 3.35. The quantitative estimate of drug-likeness (QED) is 0.271. The summed E-state index contributed by atoms with van der Waals surface area (Å²) in [4.78, 5) is 16.5. The molecule has 0 fully saturated rings. The van der Waals surface area contributed by atoms with Gasteiger partial charge >= 0.3 is 12.1 Å². The van der Waals surface area contributed by atoms with Crippen LogP contribution in [0.2, 0.25) is 0 Å². The van der Waals surface area contributed by atoms with Crippen LogP contribution in [0, 0.1) is 11.8 Å². The largest absolute Gasteiger partial charge is 0.497 e. The molecule has 4 rings (SSSR count). The molecule has 0 saturated heterocycles. The molecule has 6 nitrogen and oxygen atoms in total. The predicted octanol–water partition coefficient (Wildman–Crippen LogP) is 5.54. The van der Waals surface area contributed by atoms with Crippen molar-refractivity contribution in [3.05, 3.63) is 95.3 Å². The first kappa shape index (κ1) is 24.5. The van der Waals surface area contributed by atoms with Crippen molar-refractivity contribution in [2.24, 2.45) is 0 Å². The third kappa shape index (κ3) is 5.23. The minimum absolute atomic E-state index is 0.0661. The van der Waals surface area contributed by atoms with E-state index >= 15 is 0 Å². The number of esters is 1. The van der Waals surface area contributed by atoms with E-state index in [1.54, 1.807) is 49.6 Å². The smallest absolute Gasteiger partial charge is 0.434 e. The van der Waals surface area contributed by atoms with E-state index in [9.17, 15) is 18.0 Å². The van der Waals surface area contributed by atoms with Crippen LogP contribution >= 0.6 is 0 Å². The number of nitrogens with zero attached hydrogens (tertiary/aromatic N) is 3. The Morgan fingerprint density at radius 3 is 2.44 bits per heavy atom. The number of ether oxygens (including phenoxy) is 2. The van der Waals surface area contributed by atoms with E-state index in [0.29, 0.717) is 27.3 Å². The second-order valence-corrected chi connectivity index (χ2v) is 7.44. The standard InChI is InChI=1S/C27H20F3N3O3/c1-3-36-26(34)22-17-31-33(25(22)27(28,29)30)24-10-6-9-23(32-24)21-8-5-4-7-19(21)14-11-18-12-15-20(35-2)16-13-18/h4-10,12-13,15-17H,3H2,1-2H3. The fourth-order valence-corrected chi connectivity index (χ4v) is 3.47. The van der Waals surface area contributed by atoms with Crippen LogP contribution in [0.4, 0.5) is 13.2 Å². The van der Waals surface area contributed by atoms with Gasteiger partial charge in [-0.3, -0.25) is 0 Å². The molecule has 0 aliphatic heterocycles. The number of aromatic nitrogens is 3. The van der Waals surface area contributed by atoms with Crippen molar-refractivity contribution in [1.29, 1.82) is 0 Å². The summed E-state index contributed by atoms with van der Waals surface area (Å²) in [6.07, 6.45) is -4.03. The first-order valence-corrected chi connectivity index (χ1v) is 10.9. The summed E-state index contributed by atoms with van der Waals surface area (Å²) >= 11 is 0. The van der Waals surface area contributed by atoms with Crippen molar-refractivity contribution < 1.29 is 27.4 Å². The summed E-state index contributed by atoms with van der Waals surface area (Å²) in [6.45, 7) is 1.44. The Kier molecular flexibility index (Phi) is 7.06. The number of pyridine rings is 1. The van der Waals surface area contributed by atoms with E-state index in [2.05, 4.69) is 21.9 Å². The third-order valence-corrected chi connectivity index (χ3v) is 5.12. The number of carbonyl (C=O) groups is 1. The summed E-state index contributed by atoms with van der Waals surface area (Å²) < 4.78 is 52.2. The van der Waals surface area contributed by atoms with Crippen molar-refractivity contribution in [1.82, 2.24) is 14.8 Å². The molecule has 0 aliphatic carbocycles. The van der Waals surface area contributed by atoms with Crippen LogP contribution < -0.4 is 4.74 Å². The number of hydrogen-bond acceptors (Lipinski definition) is 5. The molecule has 36 heavy (non-hydrogen) atoms. The molecule has 9 heteroatoms. The zero-order valence-electron chi connectivity index (χ0n) is 19.3. The summed E-state index contributed by atoms with van der Waals surface area (Å²) in [5.74, 6) is 5.68. The minimum Gasteiger partial charge on any atom is -0.497 e. The molecular weight excluding hydrogens is 471 g/mol. The predicted molar refractivity (Wildman–Crippen MR) is 127 cm³/mol. The molecule has 4 aromatic rings. The van der Waals surface area contributed by atoms with Crippen LogP contribution in [0.5, 0.6) is 5.75 Å². The van der Waals surface area contributed by atoms with E-state index in [1.807, 2.05) is 18.2 Å². The van der Waals surface area contributed by atoms with Gasteiger partial charge in [-0.2, -0.15) is 18.3 Å². The lowest BCUT2D eigenvalue weighted by Crippen LogP contribution is -2.19. The van der Waals surface area contributed by atoms with E-state index < -0.39 is 23.4 Å². The van der Waals surface area contributed by atoms with Crippen LogP contribution in [0.25, 0.3) is 17.1 Å². The Labute approximate surface area is 205 Å². The monoisotopic (exact) mass is 491 g/mol. The van der Waals surface area contributed by atoms with Crippen LogP contribution in [0.3, 0.4) is 0 Å². The maximum absolute atomic E-state index is 13.9. The van der Waals surface area contributed by atoms with Crippen molar-refractivity contribution in [2.75, 3.05) is 13.7 Å². The highest BCUT2D eigenvalue weighted by molar-refractivity contribution is 5.90. The zero-order valence-corrected chi connectivity index (χ0v) is 19.3. The number of methoxy groups -OCH3 is 1. The van der Waals surface area contributed by atoms with Crippen molar-refractivity contribution in [2.45, 2.75) is 13.1 Å². The van der Waals surface area contributed by atoms with Gasteiger partial charge in [0.25, 0.3) is 0 Å². The first-order chi connectivity index (χ1) is 17.3. The molecule has 0 bridgehead atoms. The molecule has 0 aliphatic rings. The highest BCUT2D eigenvalue weighted by atomic mass is 19.4. The lowest BCUT2D eigenvalue weighted by atomic mass is 10.0. The Morgan fingerprint density at radius 1 is 1.00 bits per heavy atom. The molecule has 0 radical (unpaired) electrons. The second kappa shape index (κ2) is 10.4. The molecule has 0 spiro atoms. The average molecular weight is 491 g/mol. The van der Waals surface area contributed by atoms with E-state index in [0.717, 1.165) is 11.8 Å². The van der Waals surface area contributed by atoms with Gasteiger partial charge in [0.15, 0.2) is 11.5 Å². The highest BCUT2D eigenvalue weighted by Crippen LogP contribution is 2.34. The molecular formula is C27H20F3N3O3. The number of alkyl halides is 3. The number of hydrogen-bond donors (Lipinski definition) is 0. The van der Waals surface area contributed by atoms with Gasteiger partial charge in [-0.15, -0.1) is 0 Å². The normalized spacial score (nSPS) is 10.9. The molecule has 2 aromatic heterocycles. The lowest BCUT2D eigenvalue weighted by Gasteiger charge is -2.13. The van der Waals surface area contributed by atoms with E-state index in [1.165, 1.54) is 13.0 Å². The number of rotatable bonds is 5. The molecule has 0 atom stereocenters. The maximum Gasteiger partial charge on any atom is 0.434 e. The van der Waals surface area contributed by atoms with Crippen molar-refractivity contribution in [3.8, 4) is 34.7 Å². The lowest BCUT2D eigenvalue weighted by molar-refractivity contribution is -0.143. The van der Waals surface area contributed by atoms with E-state index in [4.69, 9.17) is 9.47 Å². The zero-order chi connectivity index (χ0) is 25.7. The molecule has 0 unspecified atom stereocenters.